The maximum absolute atomic E-state index is 9.32. The molecule has 0 aliphatic carbocycles. The van der Waals surface area contributed by atoms with Crippen molar-refractivity contribution in [1.82, 2.24) is 0 Å². The number of nitrogens with two attached hydrogens (primary N) is 1. The summed E-state index contributed by atoms with van der Waals surface area (Å²) in [6, 6.07) is 5.84. The van der Waals surface area contributed by atoms with Gasteiger partial charge in [0.1, 0.15) is 6.10 Å². The molecule has 0 amide bonds. The van der Waals surface area contributed by atoms with Crippen LogP contribution in [0.1, 0.15) is 31.4 Å². The number of rotatable bonds is 2. The van der Waals surface area contributed by atoms with Crippen LogP contribution in [-0.2, 0) is 6.42 Å². The van der Waals surface area contributed by atoms with Gasteiger partial charge in [-0.1, -0.05) is 31.8 Å². The second-order valence-electron chi connectivity index (χ2n) is 3.47. The van der Waals surface area contributed by atoms with Gasteiger partial charge in [0.15, 0.2) is 0 Å². The first kappa shape index (κ1) is 11.6. The first-order chi connectivity index (χ1) is 7.17. The maximum atomic E-state index is 9.32. The lowest BCUT2D eigenvalue weighted by atomic mass is 10.1. The number of aliphatic hydroxyl groups is 1. The molecular weight excluding hydrogens is 186 g/mol. The Labute approximate surface area is 91.1 Å². The summed E-state index contributed by atoms with van der Waals surface area (Å²) in [5, 5.41) is 9.32. The van der Waals surface area contributed by atoms with Crippen molar-refractivity contribution in [3.63, 3.8) is 0 Å². The van der Waals surface area contributed by atoms with E-state index in [1.807, 2.05) is 25.1 Å². The lowest BCUT2D eigenvalue weighted by Crippen LogP contribution is -1.99. The lowest BCUT2D eigenvalue weighted by Gasteiger charge is -2.02. The van der Waals surface area contributed by atoms with Gasteiger partial charge in [-0.25, -0.2) is 0 Å². The average Bonchev–Trinajstić information content (AvgIpc) is 2.27. The van der Waals surface area contributed by atoms with Gasteiger partial charge in [0.2, 0.25) is 0 Å². The number of nitrogen functional groups attached to an aromatic ring is 1. The summed E-state index contributed by atoms with van der Waals surface area (Å²) in [5.74, 6) is 5.68. The molecular formula is C13H17NO. The minimum Gasteiger partial charge on any atom is -0.398 e. The van der Waals surface area contributed by atoms with Crippen LogP contribution >= 0.6 is 0 Å². The van der Waals surface area contributed by atoms with Crippen molar-refractivity contribution < 1.29 is 5.11 Å². The Bertz CT molecular complexity index is 387. The molecule has 15 heavy (non-hydrogen) atoms. The molecule has 1 aromatic rings. The van der Waals surface area contributed by atoms with E-state index in [0.717, 1.165) is 12.0 Å². The molecule has 0 heterocycles. The highest BCUT2D eigenvalue weighted by atomic mass is 16.3. The van der Waals surface area contributed by atoms with Gasteiger partial charge in [-0.3, -0.25) is 0 Å². The second-order valence-corrected chi connectivity index (χ2v) is 3.47. The van der Waals surface area contributed by atoms with Crippen LogP contribution in [0, 0.1) is 11.8 Å². The minimum atomic E-state index is -0.560. The largest absolute Gasteiger partial charge is 0.398 e. The first-order valence-electron chi connectivity index (χ1n) is 5.25. The second kappa shape index (κ2) is 5.43. The van der Waals surface area contributed by atoms with Crippen molar-refractivity contribution >= 4 is 5.69 Å². The molecule has 0 aromatic heterocycles. The van der Waals surface area contributed by atoms with Gasteiger partial charge in [-0.15, -0.1) is 0 Å². The normalized spacial score (nSPS) is 11.7. The van der Waals surface area contributed by atoms with Gasteiger partial charge < -0.3 is 10.8 Å². The minimum absolute atomic E-state index is 0.560. The molecule has 1 aromatic carbocycles. The van der Waals surface area contributed by atoms with Gasteiger partial charge in [0.25, 0.3) is 0 Å². The van der Waals surface area contributed by atoms with E-state index in [1.165, 1.54) is 5.56 Å². The molecule has 1 rings (SSSR count). The van der Waals surface area contributed by atoms with Crippen molar-refractivity contribution in [3.8, 4) is 11.8 Å². The van der Waals surface area contributed by atoms with Crippen LogP contribution in [0.4, 0.5) is 5.69 Å². The maximum Gasteiger partial charge on any atom is 0.114 e. The summed E-state index contributed by atoms with van der Waals surface area (Å²) in [5.41, 5.74) is 8.47. The molecule has 0 aliphatic rings. The molecule has 0 aliphatic heterocycles. The zero-order valence-electron chi connectivity index (χ0n) is 9.25. The third-order valence-corrected chi connectivity index (χ3v) is 2.29. The number of hydrogen-bond donors (Lipinski definition) is 2. The van der Waals surface area contributed by atoms with E-state index in [9.17, 15) is 5.11 Å². The molecule has 2 nitrogen and oxygen atoms in total. The van der Waals surface area contributed by atoms with Crippen molar-refractivity contribution in [3.05, 3.63) is 29.3 Å². The van der Waals surface area contributed by atoms with Crippen molar-refractivity contribution in [2.75, 3.05) is 5.73 Å². The van der Waals surface area contributed by atoms with E-state index in [-0.39, 0.29) is 0 Å². The van der Waals surface area contributed by atoms with Gasteiger partial charge in [0.05, 0.1) is 0 Å². The third-order valence-electron chi connectivity index (χ3n) is 2.29. The van der Waals surface area contributed by atoms with Crippen LogP contribution in [0.5, 0.6) is 0 Å². The zero-order valence-corrected chi connectivity index (χ0v) is 9.25. The molecule has 80 valence electrons. The van der Waals surface area contributed by atoms with Crippen LogP contribution in [0.15, 0.2) is 18.2 Å². The van der Waals surface area contributed by atoms with Gasteiger partial charge in [-0.05, 0) is 30.5 Å². The van der Waals surface area contributed by atoms with Crippen molar-refractivity contribution in [2.24, 2.45) is 0 Å². The predicted molar refractivity (Wildman–Crippen MR) is 63.4 cm³/mol. The molecule has 2 heteroatoms. The molecule has 0 saturated carbocycles. The number of benzene rings is 1. The SMILES string of the molecule is CCc1ccc(N)c(C#CC(O)CC)c1. The Balaban J connectivity index is 2.96. The molecule has 0 saturated heterocycles. The van der Waals surface area contributed by atoms with Crippen LogP contribution in [-0.4, -0.2) is 11.2 Å². The fraction of sp³-hybridized carbons (Fsp3) is 0.385. The van der Waals surface area contributed by atoms with E-state index >= 15 is 0 Å². The Morgan fingerprint density at radius 1 is 1.40 bits per heavy atom. The Kier molecular flexibility index (Phi) is 4.20. The smallest absolute Gasteiger partial charge is 0.114 e. The number of aryl methyl sites for hydroxylation is 1. The third kappa shape index (κ3) is 3.30. The topological polar surface area (TPSA) is 46.2 Å². The van der Waals surface area contributed by atoms with E-state index in [0.29, 0.717) is 12.1 Å². The summed E-state index contributed by atoms with van der Waals surface area (Å²) in [6.07, 6.45) is 1.04. The highest BCUT2D eigenvalue weighted by molar-refractivity contribution is 5.57. The highest BCUT2D eigenvalue weighted by Gasteiger charge is 1.98. The summed E-state index contributed by atoms with van der Waals surface area (Å²) in [4.78, 5) is 0. The van der Waals surface area contributed by atoms with Crippen LogP contribution in [0.25, 0.3) is 0 Å². The summed E-state index contributed by atoms with van der Waals surface area (Å²) in [7, 11) is 0. The quantitative estimate of drug-likeness (QED) is 0.570. The average molecular weight is 203 g/mol. The summed E-state index contributed by atoms with van der Waals surface area (Å²) < 4.78 is 0. The van der Waals surface area contributed by atoms with Gasteiger partial charge in [0, 0.05) is 11.3 Å². The first-order valence-corrected chi connectivity index (χ1v) is 5.25. The predicted octanol–water partition coefficient (Wildman–Crippen LogP) is 1.95. The fourth-order valence-electron chi connectivity index (χ4n) is 1.19. The van der Waals surface area contributed by atoms with E-state index < -0.39 is 6.10 Å². The number of anilines is 1. The number of aliphatic hydroxyl groups excluding tert-OH is 1. The molecule has 0 radical (unpaired) electrons. The monoisotopic (exact) mass is 203 g/mol. The zero-order chi connectivity index (χ0) is 11.3. The fourth-order valence-corrected chi connectivity index (χ4v) is 1.19. The lowest BCUT2D eigenvalue weighted by molar-refractivity contribution is 0.228. The summed E-state index contributed by atoms with van der Waals surface area (Å²) >= 11 is 0. The van der Waals surface area contributed by atoms with E-state index in [1.54, 1.807) is 0 Å². The molecule has 1 unspecified atom stereocenters. The van der Waals surface area contributed by atoms with Crippen LogP contribution in [0.2, 0.25) is 0 Å². The number of hydrogen-bond acceptors (Lipinski definition) is 2. The molecule has 1 atom stereocenters. The molecule has 0 spiro atoms. The van der Waals surface area contributed by atoms with Gasteiger partial charge >= 0.3 is 0 Å². The van der Waals surface area contributed by atoms with Crippen molar-refractivity contribution in [2.45, 2.75) is 32.8 Å². The van der Waals surface area contributed by atoms with E-state index in [4.69, 9.17) is 5.73 Å². The van der Waals surface area contributed by atoms with Gasteiger partial charge in [-0.2, -0.15) is 0 Å². The van der Waals surface area contributed by atoms with Crippen LogP contribution < -0.4 is 5.73 Å². The Morgan fingerprint density at radius 3 is 2.73 bits per heavy atom. The Hall–Kier alpha value is -1.46. The van der Waals surface area contributed by atoms with Crippen LogP contribution in [0.3, 0.4) is 0 Å². The standard InChI is InChI=1S/C13H17NO/c1-3-10-5-8-13(14)11(9-10)6-7-12(15)4-2/h5,8-9,12,15H,3-4,14H2,1-2H3. The molecule has 0 fully saturated rings. The summed E-state index contributed by atoms with van der Waals surface area (Å²) in [6.45, 7) is 3.98. The van der Waals surface area contributed by atoms with Crippen molar-refractivity contribution in [1.29, 1.82) is 0 Å². The Morgan fingerprint density at radius 2 is 2.13 bits per heavy atom. The highest BCUT2D eigenvalue weighted by Crippen LogP contribution is 2.13. The molecule has 3 N–H and O–H groups in total. The van der Waals surface area contributed by atoms with E-state index in [2.05, 4.69) is 18.8 Å². The molecule has 0 bridgehead atoms.